The van der Waals surface area contributed by atoms with Gasteiger partial charge < -0.3 is 25.4 Å². The third-order valence-corrected chi connectivity index (χ3v) is 7.09. The number of fused-ring (bicyclic) bond motifs is 2. The van der Waals surface area contributed by atoms with E-state index in [0.717, 1.165) is 16.9 Å². The first-order valence-corrected chi connectivity index (χ1v) is 12.4. The van der Waals surface area contributed by atoms with Gasteiger partial charge in [0.25, 0.3) is 5.91 Å². The predicted molar refractivity (Wildman–Crippen MR) is 140 cm³/mol. The zero-order valence-electron chi connectivity index (χ0n) is 20.4. The van der Waals surface area contributed by atoms with Gasteiger partial charge in [-0.05, 0) is 38.1 Å². The molecule has 0 saturated carbocycles. The van der Waals surface area contributed by atoms with Crippen molar-refractivity contribution in [3.05, 3.63) is 65.2 Å². The molecule has 4 aromatic rings. The van der Waals surface area contributed by atoms with Gasteiger partial charge in [-0.3, -0.25) is 14.2 Å². The second-order valence-corrected chi connectivity index (χ2v) is 10.1. The summed E-state index contributed by atoms with van der Waals surface area (Å²) in [5, 5.41) is 17.0. The van der Waals surface area contributed by atoms with Crippen molar-refractivity contribution in [1.29, 1.82) is 0 Å². The van der Waals surface area contributed by atoms with Gasteiger partial charge in [0, 0.05) is 31.4 Å². The second-order valence-electron chi connectivity index (χ2n) is 9.74. The van der Waals surface area contributed by atoms with Crippen molar-refractivity contribution in [1.82, 2.24) is 24.7 Å². The van der Waals surface area contributed by atoms with Gasteiger partial charge >= 0.3 is 0 Å². The number of imidazole rings is 1. The number of aromatic nitrogens is 4. The summed E-state index contributed by atoms with van der Waals surface area (Å²) in [6, 6.07) is 7.46. The van der Waals surface area contributed by atoms with Crippen LogP contribution in [-0.2, 0) is 11.3 Å². The van der Waals surface area contributed by atoms with E-state index >= 15 is 0 Å². The Hall–Kier alpha value is -3.73. The number of rotatable bonds is 5. The predicted octanol–water partition coefficient (Wildman–Crippen LogP) is 3.41. The summed E-state index contributed by atoms with van der Waals surface area (Å²) < 4.78 is 7.60. The molecule has 10 nitrogen and oxygen atoms in total. The number of nitrogens with one attached hydrogen (secondary N) is 2. The Morgan fingerprint density at radius 2 is 2.05 bits per heavy atom. The fraction of sp³-hybridized carbons (Fsp3) is 0.308. The number of anilines is 3. The highest BCUT2D eigenvalue weighted by Gasteiger charge is 2.33. The molecule has 6 rings (SSSR count). The number of ether oxygens (including phenoxy) is 1. The van der Waals surface area contributed by atoms with Crippen LogP contribution in [0.25, 0.3) is 17.0 Å². The zero-order chi connectivity index (χ0) is 25.7. The minimum atomic E-state index is -0.927. The number of nitrogens with zero attached hydrogens (tertiary/aromatic N) is 5. The Bertz CT molecular complexity index is 1500. The monoisotopic (exact) mass is 519 g/mol. The van der Waals surface area contributed by atoms with Crippen LogP contribution in [-0.4, -0.2) is 61.8 Å². The fourth-order valence-electron chi connectivity index (χ4n) is 4.80. The first-order valence-electron chi connectivity index (χ1n) is 12.0. The number of carbonyl (C=O) groups excluding carboxylic acids is 1. The Kier molecular flexibility index (Phi) is 5.74. The molecule has 0 spiro atoms. The Labute approximate surface area is 218 Å². The third kappa shape index (κ3) is 4.26. The second kappa shape index (κ2) is 8.98. The minimum absolute atomic E-state index is 0.171. The summed E-state index contributed by atoms with van der Waals surface area (Å²) in [7, 11) is 0. The topological polar surface area (TPSA) is 117 Å². The van der Waals surface area contributed by atoms with E-state index in [2.05, 4.69) is 25.5 Å². The molecule has 2 aliphatic heterocycles. The number of hydrogen-bond donors (Lipinski definition) is 3. The van der Waals surface area contributed by atoms with E-state index in [1.807, 2.05) is 28.8 Å². The van der Waals surface area contributed by atoms with Gasteiger partial charge in [0.05, 0.1) is 64.1 Å². The van der Waals surface area contributed by atoms with E-state index in [0.29, 0.717) is 59.7 Å². The summed E-state index contributed by atoms with van der Waals surface area (Å²) in [6.45, 7) is 5.70. The summed E-state index contributed by atoms with van der Waals surface area (Å²) in [4.78, 5) is 28.6. The van der Waals surface area contributed by atoms with Crippen molar-refractivity contribution in [2.24, 2.45) is 0 Å². The fourth-order valence-corrected chi connectivity index (χ4v) is 5.02. The quantitative estimate of drug-likeness (QED) is 0.367. The third-order valence-electron chi connectivity index (χ3n) is 6.79. The highest BCUT2D eigenvalue weighted by atomic mass is 35.5. The molecule has 0 aliphatic carbocycles. The maximum absolute atomic E-state index is 12.8. The first kappa shape index (κ1) is 23.7. The minimum Gasteiger partial charge on any atom is -0.388 e. The molecule has 0 bridgehead atoms. The first-order chi connectivity index (χ1) is 17.8. The molecule has 11 heteroatoms. The van der Waals surface area contributed by atoms with Gasteiger partial charge in [0.1, 0.15) is 11.9 Å². The molecule has 37 heavy (non-hydrogen) atoms. The molecule has 1 fully saturated rings. The molecule has 0 radical (unpaired) electrons. The van der Waals surface area contributed by atoms with E-state index in [4.69, 9.17) is 21.3 Å². The Morgan fingerprint density at radius 3 is 2.84 bits per heavy atom. The Balaban J connectivity index is 1.28. The molecule has 2 aliphatic rings. The standard InChI is InChI=1S/C26H26ClN7O3/c1-26(2,36)20-14-33(8-9-37-20)15-5-6-21(28-10-15)32-18-12-29-23(16-11-31-25(35)22(16)18)19-13-30-24-17(27)4-3-7-34(19)24/h3-7,10,12-13,20,36H,8-9,11,14H2,1-2H3,(H,28,32)(H,31,35)/t20-/m1/s1. The van der Waals surface area contributed by atoms with Gasteiger partial charge in [-0.1, -0.05) is 11.6 Å². The van der Waals surface area contributed by atoms with Crippen LogP contribution in [0.5, 0.6) is 0 Å². The van der Waals surface area contributed by atoms with Crippen LogP contribution in [0.3, 0.4) is 0 Å². The largest absolute Gasteiger partial charge is 0.388 e. The molecule has 0 aromatic carbocycles. The van der Waals surface area contributed by atoms with E-state index < -0.39 is 5.60 Å². The van der Waals surface area contributed by atoms with Gasteiger partial charge in [0.2, 0.25) is 0 Å². The highest BCUT2D eigenvalue weighted by molar-refractivity contribution is 6.33. The van der Waals surface area contributed by atoms with Crippen molar-refractivity contribution in [2.45, 2.75) is 32.1 Å². The molecule has 1 saturated heterocycles. The summed E-state index contributed by atoms with van der Waals surface area (Å²) in [6.07, 6.45) is 6.73. The Morgan fingerprint density at radius 1 is 1.19 bits per heavy atom. The van der Waals surface area contributed by atoms with Gasteiger partial charge in [0.15, 0.2) is 5.65 Å². The van der Waals surface area contributed by atoms with Crippen LogP contribution in [0, 0.1) is 0 Å². The van der Waals surface area contributed by atoms with Crippen molar-refractivity contribution in [2.75, 3.05) is 29.9 Å². The zero-order valence-corrected chi connectivity index (χ0v) is 21.2. The molecule has 190 valence electrons. The summed E-state index contributed by atoms with van der Waals surface area (Å²) in [5.41, 5.74) is 3.98. The van der Waals surface area contributed by atoms with Crippen molar-refractivity contribution in [3.8, 4) is 11.4 Å². The maximum atomic E-state index is 12.8. The number of morpholine rings is 1. The lowest BCUT2D eigenvalue weighted by atomic mass is 10.00. The number of halogens is 1. The lowest BCUT2D eigenvalue weighted by molar-refractivity contribution is -0.0928. The lowest BCUT2D eigenvalue weighted by Gasteiger charge is -2.39. The van der Waals surface area contributed by atoms with Crippen molar-refractivity contribution >= 4 is 40.3 Å². The van der Waals surface area contributed by atoms with Gasteiger partial charge in [-0.15, -0.1) is 0 Å². The molecular weight excluding hydrogens is 494 g/mol. The maximum Gasteiger partial charge on any atom is 0.254 e. The van der Waals surface area contributed by atoms with Crippen LogP contribution in [0.15, 0.2) is 49.1 Å². The molecular formula is C26H26ClN7O3. The molecule has 1 amide bonds. The van der Waals surface area contributed by atoms with Gasteiger partial charge in [-0.25, -0.2) is 9.97 Å². The normalized spacial score (nSPS) is 17.7. The summed E-state index contributed by atoms with van der Waals surface area (Å²) >= 11 is 6.29. The average molecular weight is 520 g/mol. The van der Waals surface area contributed by atoms with Crippen LogP contribution >= 0.6 is 11.6 Å². The summed E-state index contributed by atoms with van der Waals surface area (Å²) in [5.74, 6) is 0.421. The smallest absolute Gasteiger partial charge is 0.254 e. The molecule has 1 atom stereocenters. The van der Waals surface area contributed by atoms with E-state index in [1.165, 1.54) is 0 Å². The van der Waals surface area contributed by atoms with Crippen molar-refractivity contribution in [3.63, 3.8) is 0 Å². The molecule has 6 heterocycles. The number of hydrogen-bond acceptors (Lipinski definition) is 8. The van der Waals surface area contributed by atoms with Crippen LogP contribution in [0.4, 0.5) is 17.2 Å². The molecule has 3 N–H and O–H groups in total. The average Bonchev–Trinajstić information content (AvgIpc) is 3.50. The highest BCUT2D eigenvalue weighted by Crippen LogP contribution is 2.34. The number of amides is 1. The van der Waals surface area contributed by atoms with Crippen molar-refractivity contribution < 1.29 is 14.6 Å². The van der Waals surface area contributed by atoms with E-state index in [1.54, 1.807) is 38.5 Å². The van der Waals surface area contributed by atoms with E-state index in [9.17, 15) is 9.90 Å². The molecule has 0 unspecified atom stereocenters. The van der Waals surface area contributed by atoms with Crippen LogP contribution in [0.2, 0.25) is 5.02 Å². The number of carbonyl (C=O) groups is 1. The molecule has 4 aromatic heterocycles. The SMILES string of the molecule is CC(C)(O)[C@H]1CN(c2ccc(Nc3cnc(-c4cnc5c(Cl)cccn45)c4c3C(=O)NC4)nc2)CCO1. The van der Waals surface area contributed by atoms with E-state index in [-0.39, 0.29) is 12.0 Å². The van der Waals surface area contributed by atoms with Gasteiger partial charge in [-0.2, -0.15) is 0 Å². The lowest BCUT2D eigenvalue weighted by Crippen LogP contribution is -2.52. The van der Waals surface area contributed by atoms with Crippen LogP contribution in [0.1, 0.15) is 29.8 Å². The number of aliphatic hydroxyl groups is 1. The van der Waals surface area contributed by atoms with Crippen LogP contribution < -0.4 is 15.5 Å². The number of pyridine rings is 3.